The molecule has 1 aliphatic rings. The first kappa shape index (κ1) is 22.2. The second kappa shape index (κ2) is 11.7. The van der Waals surface area contributed by atoms with Gasteiger partial charge >= 0.3 is 0 Å². The zero-order chi connectivity index (χ0) is 17.4. The van der Waals surface area contributed by atoms with Gasteiger partial charge in [-0.15, -0.1) is 24.0 Å². The summed E-state index contributed by atoms with van der Waals surface area (Å²) < 4.78 is 10.8. The smallest absolute Gasteiger partial charge is 0.194 e. The molecule has 0 atom stereocenters. The standard InChI is InChI=1S/C18H32N4O2.HI/c1-5-19-18(20-13-16-12-17(14(2)3)21-24-16)22(4)9-6-15-7-10-23-11-8-15;/h12,14-15H,5-11,13H2,1-4H3,(H,19,20);1H. The molecule has 0 amide bonds. The Morgan fingerprint density at radius 1 is 1.40 bits per heavy atom. The lowest BCUT2D eigenvalue weighted by Gasteiger charge is -2.26. The highest BCUT2D eigenvalue weighted by atomic mass is 127. The summed E-state index contributed by atoms with van der Waals surface area (Å²) in [5.41, 5.74) is 0.984. The van der Waals surface area contributed by atoms with Crippen LogP contribution in [0.25, 0.3) is 0 Å². The van der Waals surface area contributed by atoms with Gasteiger partial charge in [0.2, 0.25) is 0 Å². The van der Waals surface area contributed by atoms with E-state index in [0.717, 1.165) is 49.6 Å². The van der Waals surface area contributed by atoms with Gasteiger partial charge in [-0.3, -0.25) is 0 Å². The molecule has 1 saturated heterocycles. The number of ether oxygens (including phenoxy) is 1. The van der Waals surface area contributed by atoms with Crippen molar-refractivity contribution in [1.82, 2.24) is 15.4 Å². The van der Waals surface area contributed by atoms with Crippen molar-refractivity contribution in [2.45, 2.75) is 52.5 Å². The number of rotatable bonds is 7. The van der Waals surface area contributed by atoms with E-state index >= 15 is 0 Å². The van der Waals surface area contributed by atoms with E-state index in [0.29, 0.717) is 12.5 Å². The first-order chi connectivity index (χ1) is 11.6. The largest absolute Gasteiger partial charge is 0.381 e. The summed E-state index contributed by atoms with van der Waals surface area (Å²) in [6, 6.07) is 2.00. The lowest BCUT2D eigenvalue weighted by Crippen LogP contribution is -2.40. The molecule has 1 N–H and O–H groups in total. The van der Waals surface area contributed by atoms with Crippen molar-refractivity contribution < 1.29 is 9.26 Å². The number of hydrogen-bond acceptors (Lipinski definition) is 4. The summed E-state index contributed by atoms with van der Waals surface area (Å²) in [6.07, 6.45) is 3.54. The third-order valence-electron chi connectivity index (χ3n) is 4.46. The second-order valence-corrected chi connectivity index (χ2v) is 6.81. The zero-order valence-electron chi connectivity index (χ0n) is 16.0. The van der Waals surface area contributed by atoms with Gasteiger partial charge in [-0.05, 0) is 38.0 Å². The fourth-order valence-corrected chi connectivity index (χ4v) is 2.82. The Hall–Kier alpha value is -0.830. The summed E-state index contributed by atoms with van der Waals surface area (Å²) >= 11 is 0. The highest BCUT2D eigenvalue weighted by Gasteiger charge is 2.15. The molecule has 0 radical (unpaired) electrons. The number of nitrogens with zero attached hydrogens (tertiary/aromatic N) is 3. The van der Waals surface area contributed by atoms with Crippen LogP contribution in [0.2, 0.25) is 0 Å². The number of halogens is 1. The van der Waals surface area contributed by atoms with Crippen LogP contribution in [-0.4, -0.2) is 49.4 Å². The number of guanidine groups is 1. The minimum atomic E-state index is 0. The van der Waals surface area contributed by atoms with Gasteiger partial charge in [-0.1, -0.05) is 19.0 Å². The van der Waals surface area contributed by atoms with E-state index in [4.69, 9.17) is 14.3 Å². The van der Waals surface area contributed by atoms with Crippen LogP contribution in [0.5, 0.6) is 0 Å². The summed E-state index contributed by atoms with van der Waals surface area (Å²) in [6.45, 7) is 10.5. The normalized spacial score (nSPS) is 16.0. The molecule has 25 heavy (non-hydrogen) atoms. The highest BCUT2D eigenvalue weighted by Crippen LogP contribution is 2.18. The van der Waals surface area contributed by atoms with Crippen molar-refractivity contribution >= 4 is 29.9 Å². The Bertz CT molecular complexity index is 513. The highest BCUT2D eigenvalue weighted by molar-refractivity contribution is 14.0. The summed E-state index contributed by atoms with van der Waals surface area (Å²) in [5.74, 6) is 2.88. The summed E-state index contributed by atoms with van der Waals surface area (Å²) in [4.78, 5) is 6.90. The quantitative estimate of drug-likeness (QED) is 0.380. The van der Waals surface area contributed by atoms with Crippen molar-refractivity contribution in [3.8, 4) is 0 Å². The van der Waals surface area contributed by atoms with E-state index in [9.17, 15) is 0 Å². The number of aliphatic imine (C=N–C) groups is 1. The van der Waals surface area contributed by atoms with E-state index in [1.54, 1.807) is 0 Å². The molecule has 1 fully saturated rings. The maximum absolute atomic E-state index is 5.43. The Balaban J connectivity index is 0.00000312. The molecule has 1 aromatic heterocycles. The van der Waals surface area contributed by atoms with E-state index in [1.165, 1.54) is 19.3 Å². The third-order valence-corrected chi connectivity index (χ3v) is 4.46. The molecule has 1 aromatic rings. The molecule has 0 saturated carbocycles. The Morgan fingerprint density at radius 3 is 2.72 bits per heavy atom. The van der Waals surface area contributed by atoms with Crippen molar-refractivity contribution in [1.29, 1.82) is 0 Å². The van der Waals surface area contributed by atoms with Gasteiger partial charge in [0.15, 0.2) is 11.7 Å². The second-order valence-electron chi connectivity index (χ2n) is 6.81. The van der Waals surface area contributed by atoms with Gasteiger partial charge in [-0.25, -0.2) is 4.99 Å². The minimum absolute atomic E-state index is 0. The molecular weight excluding hydrogens is 431 g/mol. The topological polar surface area (TPSA) is 62.9 Å². The van der Waals surface area contributed by atoms with Gasteiger partial charge in [0.05, 0.1) is 5.69 Å². The van der Waals surface area contributed by atoms with Crippen LogP contribution in [0.4, 0.5) is 0 Å². The molecule has 1 aliphatic heterocycles. The van der Waals surface area contributed by atoms with Crippen molar-refractivity contribution in [3.63, 3.8) is 0 Å². The predicted molar refractivity (Wildman–Crippen MR) is 112 cm³/mol. The summed E-state index contributed by atoms with van der Waals surface area (Å²) in [5, 5.41) is 7.45. The van der Waals surface area contributed by atoms with E-state index in [2.05, 4.69) is 43.2 Å². The molecule has 6 nitrogen and oxygen atoms in total. The van der Waals surface area contributed by atoms with Gasteiger partial charge in [0, 0.05) is 39.4 Å². The van der Waals surface area contributed by atoms with Crippen LogP contribution >= 0.6 is 24.0 Å². The lowest BCUT2D eigenvalue weighted by molar-refractivity contribution is 0.0625. The number of aromatic nitrogens is 1. The van der Waals surface area contributed by atoms with Crippen molar-refractivity contribution in [3.05, 3.63) is 17.5 Å². The van der Waals surface area contributed by atoms with Crippen LogP contribution < -0.4 is 5.32 Å². The van der Waals surface area contributed by atoms with Crippen LogP contribution in [0.1, 0.15) is 57.4 Å². The average molecular weight is 464 g/mol. The van der Waals surface area contributed by atoms with Gasteiger partial charge < -0.3 is 19.5 Å². The summed E-state index contributed by atoms with van der Waals surface area (Å²) in [7, 11) is 2.10. The zero-order valence-corrected chi connectivity index (χ0v) is 18.3. The Morgan fingerprint density at radius 2 is 2.12 bits per heavy atom. The molecule has 0 bridgehead atoms. The van der Waals surface area contributed by atoms with Gasteiger partial charge in [-0.2, -0.15) is 0 Å². The monoisotopic (exact) mass is 464 g/mol. The SMILES string of the molecule is CCNC(=NCc1cc(C(C)C)no1)N(C)CCC1CCOCC1.I. The van der Waals surface area contributed by atoms with Gasteiger partial charge in [0.25, 0.3) is 0 Å². The van der Waals surface area contributed by atoms with Gasteiger partial charge in [0.1, 0.15) is 6.54 Å². The lowest BCUT2D eigenvalue weighted by atomic mass is 9.96. The fraction of sp³-hybridized carbons (Fsp3) is 0.778. The first-order valence-corrected chi connectivity index (χ1v) is 9.12. The maximum atomic E-state index is 5.43. The van der Waals surface area contributed by atoms with Crippen LogP contribution in [0.15, 0.2) is 15.6 Å². The molecule has 0 unspecified atom stereocenters. The molecule has 0 aliphatic carbocycles. The minimum Gasteiger partial charge on any atom is -0.381 e. The third kappa shape index (κ3) is 7.52. The average Bonchev–Trinajstić information content (AvgIpc) is 3.06. The molecule has 144 valence electrons. The van der Waals surface area contributed by atoms with Crippen LogP contribution in [0, 0.1) is 5.92 Å². The number of hydrogen-bond donors (Lipinski definition) is 1. The Labute approximate surface area is 168 Å². The molecule has 0 spiro atoms. The molecule has 7 heteroatoms. The Kier molecular flexibility index (Phi) is 10.4. The van der Waals surface area contributed by atoms with Crippen LogP contribution in [-0.2, 0) is 11.3 Å². The molecule has 0 aromatic carbocycles. The molecular formula is C18H33IN4O2. The van der Waals surface area contributed by atoms with E-state index in [1.807, 2.05) is 6.07 Å². The van der Waals surface area contributed by atoms with Crippen molar-refractivity contribution in [2.75, 3.05) is 33.4 Å². The first-order valence-electron chi connectivity index (χ1n) is 9.12. The fourth-order valence-electron chi connectivity index (χ4n) is 2.82. The number of nitrogens with one attached hydrogen (secondary N) is 1. The van der Waals surface area contributed by atoms with Crippen molar-refractivity contribution in [2.24, 2.45) is 10.9 Å². The van der Waals surface area contributed by atoms with E-state index < -0.39 is 0 Å². The van der Waals surface area contributed by atoms with E-state index in [-0.39, 0.29) is 24.0 Å². The van der Waals surface area contributed by atoms with Crippen LogP contribution in [0.3, 0.4) is 0 Å². The predicted octanol–water partition coefficient (Wildman–Crippen LogP) is 3.63. The molecule has 2 rings (SSSR count). The molecule has 2 heterocycles. The maximum Gasteiger partial charge on any atom is 0.194 e.